The molecule has 1 rings (SSSR count). The van der Waals surface area contributed by atoms with Crippen molar-refractivity contribution in [1.82, 2.24) is 0 Å². The van der Waals surface area contributed by atoms with Crippen LogP contribution < -0.4 is 0 Å². The Morgan fingerprint density at radius 3 is 2.31 bits per heavy atom. The fourth-order valence-corrected chi connectivity index (χ4v) is 1.53. The molecule has 0 aliphatic carbocycles. The van der Waals surface area contributed by atoms with E-state index >= 15 is 0 Å². The minimum absolute atomic E-state index is 0.0751. The van der Waals surface area contributed by atoms with E-state index in [2.05, 4.69) is 0 Å². The SMILES string of the molecule is O=C(O)C(OCc1ccccc1)C(Cl)(Cl)Cl. The first-order valence-electron chi connectivity index (χ1n) is 4.36. The molecule has 0 fully saturated rings. The monoisotopic (exact) mass is 282 g/mol. The van der Waals surface area contributed by atoms with Crippen LogP contribution in [0, 0.1) is 0 Å². The van der Waals surface area contributed by atoms with E-state index in [9.17, 15) is 4.79 Å². The third-order valence-corrected chi connectivity index (χ3v) is 2.38. The normalized spacial score (nSPS) is 13.4. The van der Waals surface area contributed by atoms with Gasteiger partial charge in [0.2, 0.25) is 9.90 Å². The van der Waals surface area contributed by atoms with Crippen LogP contribution in [0.2, 0.25) is 0 Å². The molecule has 1 unspecified atom stereocenters. The van der Waals surface area contributed by atoms with Crippen LogP contribution >= 0.6 is 34.8 Å². The first-order valence-corrected chi connectivity index (χ1v) is 5.49. The summed E-state index contributed by atoms with van der Waals surface area (Å²) in [5.74, 6) is -1.31. The highest BCUT2D eigenvalue weighted by Crippen LogP contribution is 2.32. The largest absolute Gasteiger partial charge is 0.479 e. The number of benzene rings is 1. The van der Waals surface area contributed by atoms with E-state index in [-0.39, 0.29) is 6.61 Å². The number of halogens is 3. The third-order valence-electron chi connectivity index (χ3n) is 1.78. The van der Waals surface area contributed by atoms with E-state index in [1.165, 1.54) is 0 Å². The lowest BCUT2D eigenvalue weighted by molar-refractivity contribution is -0.150. The predicted molar refractivity (Wildman–Crippen MR) is 62.9 cm³/mol. The van der Waals surface area contributed by atoms with Crippen molar-refractivity contribution in [3.63, 3.8) is 0 Å². The first-order chi connectivity index (χ1) is 7.41. The van der Waals surface area contributed by atoms with Crippen molar-refractivity contribution in [2.24, 2.45) is 0 Å². The molecule has 1 aromatic carbocycles. The summed E-state index contributed by atoms with van der Waals surface area (Å²) in [6.45, 7) is 0.0751. The van der Waals surface area contributed by atoms with E-state index in [4.69, 9.17) is 44.6 Å². The van der Waals surface area contributed by atoms with E-state index < -0.39 is 15.9 Å². The summed E-state index contributed by atoms with van der Waals surface area (Å²) in [7, 11) is 0. The fourth-order valence-electron chi connectivity index (χ4n) is 1.06. The quantitative estimate of drug-likeness (QED) is 0.864. The van der Waals surface area contributed by atoms with Crippen molar-refractivity contribution in [2.45, 2.75) is 16.5 Å². The maximum absolute atomic E-state index is 10.8. The highest BCUT2D eigenvalue weighted by atomic mass is 35.6. The average molecular weight is 284 g/mol. The number of carbonyl (C=O) groups is 1. The van der Waals surface area contributed by atoms with Crippen LogP contribution in [0.5, 0.6) is 0 Å². The zero-order chi connectivity index (χ0) is 12.2. The van der Waals surface area contributed by atoms with E-state index in [0.717, 1.165) is 5.56 Å². The van der Waals surface area contributed by atoms with Gasteiger partial charge in [0, 0.05) is 0 Å². The molecule has 88 valence electrons. The molecule has 6 heteroatoms. The number of ether oxygens (including phenoxy) is 1. The summed E-state index contributed by atoms with van der Waals surface area (Å²) in [5.41, 5.74) is 0.808. The van der Waals surface area contributed by atoms with Crippen LogP contribution in [0.15, 0.2) is 30.3 Å². The molecule has 0 saturated heterocycles. The standard InChI is InChI=1S/C10H9Cl3O3/c11-10(12,13)8(9(14)15)16-6-7-4-2-1-3-5-7/h1-5,8H,6H2,(H,14,15). The van der Waals surface area contributed by atoms with Crippen molar-refractivity contribution in [1.29, 1.82) is 0 Å². The molecule has 0 aliphatic rings. The molecular formula is C10H9Cl3O3. The molecule has 0 aliphatic heterocycles. The highest BCUT2D eigenvalue weighted by Gasteiger charge is 2.39. The van der Waals surface area contributed by atoms with Crippen molar-refractivity contribution >= 4 is 40.8 Å². The van der Waals surface area contributed by atoms with E-state index in [1.54, 1.807) is 12.1 Å². The Bertz CT molecular complexity index is 348. The van der Waals surface area contributed by atoms with Crippen LogP contribution in [0.1, 0.15) is 5.56 Å². The third kappa shape index (κ3) is 4.18. The molecule has 0 amide bonds. The van der Waals surface area contributed by atoms with Crippen LogP contribution in [-0.4, -0.2) is 21.0 Å². The molecule has 0 bridgehead atoms. The molecule has 0 spiro atoms. The van der Waals surface area contributed by atoms with Gasteiger partial charge in [-0.05, 0) is 5.56 Å². The molecule has 1 aromatic rings. The summed E-state index contributed by atoms with van der Waals surface area (Å²) in [4.78, 5) is 10.8. The van der Waals surface area contributed by atoms with Crippen LogP contribution in [0.4, 0.5) is 0 Å². The number of alkyl halides is 3. The molecule has 0 heterocycles. The van der Waals surface area contributed by atoms with Gasteiger partial charge >= 0.3 is 5.97 Å². The number of aliphatic carboxylic acids is 1. The summed E-state index contributed by atoms with van der Waals surface area (Å²) in [6, 6.07) is 9.04. The second-order valence-electron chi connectivity index (χ2n) is 3.06. The van der Waals surface area contributed by atoms with Gasteiger partial charge in [0.05, 0.1) is 6.61 Å². The highest BCUT2D eigenvalue weighted by molar-refractivity contribution is 6.68. The molecule has 0 aromatic heterocycles. The zero-order valence-electron chi connectivity index (χ0n) is 8.07. The topological polar surface area (TPSA) is 46.5 Å². The lowest BCUT2D eigenvalue weighted by Gasteiger charge is -2.20. The average Bonchev–Trinajstić information content (AvgIpc) is 2.17. The van der Waals surface area contributed by atoms with E-state index in [1.807, 2.05) is 18.2 Å². The Hall–Kier alpha value is -0.480. The van der Waals surface area contributed by atoms with Gasteiger partial charge in [-0.1, -0.05) is 65.1 Å². The molecule has 1 atom stereocenters. The van der Waals surface area contributed by atoms with Gasteiger partial charge in [-0.15, -0.1) is 0 Å². The van der Waals surface area contributed by atoms with Gasteiger partial charge in [0.25, 0.3) is 0 Å². The number of carboxylic acids is 1. The van der Waals surface area contributed by atoms with Gasteiger partial charge in [0.15, 0.2) is 0 Å². The summed E-state index contributed by atoms with van der Waals surface area (Å²) >= 11 is 16.5. The van der Waals surface area contributed by atoms with Crippen molar-refractivity contribution in [2.75, 3.05) is 0 Å². The summed E-state index contributed by atoms with van der Waals surface area (Å²) in [5, 5.41) is 8.81. The lowest BCUT2D eigenvalue weighted by Crippen LogP contribution is -2.36. The Kier molecular flexibility index (Phi) is 4.87. The van der Waals surface area contributed by atoms with Gasteiger partial charge in [-0.3, -0.25) is 0 Å². The molecule has 1 N–H and O–H groups in total. The van der Waals surface area contributed by atoms with Crippen LogP contribution in [-0.2, 0) is 16.1 Å². The van der Waals surface area contributed by atoms with Crippen molar-refractivity contribution in [3.05, 3.63) is 35.9 Å². The van der Waals surface area contributed by atoms with Crippen LogP contribution in [0.25, 0.3) is 0 Å². The minimum atomic E-state index is -1.99. The lowest BCUT2D eigenvalue weighted by atomic mass is 10.2. The fraction of sp³-hybridized carbons (Fsp3) is 0.300. The Balaban J connectivity index is 2.62. The molecule has 16 heavy (non-hydrogen) atoms. The molecule has 3 nitrogen and oxygen atoms in total. The number of hydrogen-bond donors (Lipinski definition) is 1. The zero-order valence-corrected chi connectivity index (χ0v) is 10.3. The molecular weight excluding hydrogens is 274 g/mol. The maximum Gasteiger partial charge on any atom is 0.337 e. The Morgan fingerprint density at radius 2 is 1.88 bits per heavy atom. The van der Waals surface area contributed by atoms with Gasteiger partial charge in [0.1, 0.15) is 0 Å². The predicted octanol–water partition coefficient (Wildman–Crippen LogP) is 3.03. The Morgan fingerprint density at radius 1 is 1.31 bits per heavy atom. The minimum Gasteiger partial charge on any atom is -0.479 e. The van der Waals surface area contributed by atoms with Gasteiger partial charge in [-0.25, -0.2) is 4.79 Å². The summed E-state index contributed by atoms with van der Waals surface area (Å²) in [6.07, 6.45) is -1.49. The first kappa shape index (κ1) is 13.6. The molecule has 0 saturated carbocycles. The summed E-state index contributed by atoms with van der Waals surface area (Å²) < 4.78 is 3.07. The molecule has 0 radical (unpaired) electrons. The van der Waals surface area contributed by atoms with Gasteiger partial charge < -0.3 is 9.84 Å². The second-order valence-corrected chi connectivity index (χ2v) is 5.43. The number of rotatable bonds is 4. The number of hydrogen-bond acceptors (Lipinski definition) is 2. The Labute approximate surface area is 108 Å². The maximum atomic E-state index is 10.8. The number of carboxylic acid groups (broad SMARTS) is 1. The van der Waals surface area contributed by atoms with Crippen molar-refractivity contribution < 1.29 is 14.6 Å². The smallest absolute Gasteiger partial charge is 0.337 e. The second kappa shape index (κ2) is 5.73. The van der Waals surface area contributed by atoms with Gasteiger partial charge in [-0.2, -0.15) is 0 Å². The van der Waals surface area contributed by atoms with E-state index in [0.29, 0.717) is 0 Å². The van der Waals surface area contributed by atoms with Crippen molar-refractivity contribution in [3.8, 4) is 0 Å². The van der Waals surface area contributed by atoms with Crippen LogP contribution in [0.3, 0.4) is 0 Å².